The largest absolute Gasteiger partial charge is 0.351 e. The Kier molecular flexibility index (Phi) is 6.71. The highest BCUT2D eigenvalue weighted by Crippen LogP contribution is 2.40. The Bertz CT molecular complexity index is 1250. The topological polar surface area (TPSA) is 105 Å². The number of anilines is 2. The van der Waals surface area contributed by atoms with Gasteiger partial charge in [-0.2, -0.15) is 0 Å². The van der Waals surface area contributed by atoms with Gasteiger partial charge < -0.3 is 16.4 Å². The summed E-state index contributed by atoms with van der Waals surface area (Å²) < 4.78 is 0. The number of nitrogens with one attached hydrogen (secondary N) is 2. The Hall–Kier alpha value is -3.97. The molecule has 3 aromatic carbocycles. The lowest BCUT2D eigenvalue weighted by Crippen LogP contribution is -2.45. The number of nitrogens with zero attached hydrogens (tertiary/aromatic N) is 1. The summed E-state index contributed by atoms with van der Waals surface area (Å²) >= 11 is 0. The molecule has 3 amide bonds. The maximum atomic E-state index is 13.7. The van der Waals surface area contributed by atoms with Crippen LogP contribution in [0.25, 0.3) is 0 Å². The molecule has 1 aliphatic rings. The normalized spacial score (nSPS) is 15.3. The molecule has 1 aliphatic heterocycles. The Labute approximate surface area is 205 Å². The molecule has 180 valence electrons. The number of rotatable bonds is 6. The number of carbonyl (C=O) groups excluding carboxylic acids is 3. The van der Waals surface area contributed by atoms with Gasteiger partial charge in [-0.1, -0.05) is 61.9 Å². The first kappa shape index (κ1) is 24.2. The first-order valence-electron chi connectivity index (χ1n) is 11.6. The molecule has 0 bridgehead atoms. The van der Waals surface area contributed by atoms with Gasteiger partial charge in [0.2, 0.25) is 0 Å². The fraction of sp³-hybridized carbons (Fsp3) is 0.250. The first-order chi connectivity index (χ1) is 16.7. The summed E-state index contributed by atoms with van der Waals surface area (Å²) in [6, 6.07) is 20.6. The van der Waals surface area contributed by atoms with Crippen molar-refractivity contribution in [2.24, 2.45) is 11.1 Å². The van der Waals surface area contributed by atoms with Crippen LogP contribution in [0.2, 0.25) is 0 Å². The molecular formula is C28H30N4O3. The van der Waals surface area contributed by atoms with Gasteiger partial charge in [0, 0.05) is 17.7 Å². The van der Waals surface area contributed by atoms with E-state index in [0.29, 0.717) is 41.2 Å². The molecule has 4 N–H and O–H groups in total. The van der Waals surface area contributed by atoms with E-state index >= 15 is 0 Å². The van der Waals surface area contributed by atoms with Crippen LogP contribution in [0.5, 0.6) is 0 Å². The molecule has 0 spiro atoms. The molecule has 0 radical (unpaired) electrons. The van der Waals surface area contributed by atoms with Crippen molar-refractivity contribution in [3.05, 3.63) is 95.1 Å². The highest BCUT2D eigenvalue weighted by atomic mass is 16.2. The van der Waals surface area contributed by atoms with Crippen LogP contribution in [0, 0.1) is 12.3 Å². The van der Waals surface area contributed by atoms with Crippen molar-refractivity contribution in [3.63, 3.8) is 0 Å². The number of amides is 3. The van der Waals surface area contributed by atoms with Crippen molar-refractivity contribution in [2.75, 3.05) is 23.3 Å². The summed E-state index contributed by atoms with van der Waals surface area (Å²) in [6.45, 7) is 6.74. The second-order valence-corrected chi connectivity index (χ2v) is 9.63. The first-order valence-corrected chi connectivity index (χ1v) is 11.6. The molecule has 4 rings (SSSR count). The smallest absolute Gasteiger partial charge is 0.259 e. The second-order valence-electron chi connectivity index (χ2n) is 9.63. The quantitative estimate of drug-likeness (QED) is 0.505. The van der Waals surface area contributed by atoms with E-state index in [1.54, 1.807) is 30.3 Å². The lowest BCUT2D eigenvalue weighted by molar-refractivity contribution is -0.117. The van der Waals surface area contributed by atoms with Gasteiger partial charge in [0.1, 0.15) is 6.04 Å². The van der Waals surface area contributed by atoms with Gasteiger partial charge in [-0.3, -0.25) is 19.3 Å². The van der Waals surface area contributed by atoms with Crippen molar-refractivity contribution in [2.45, 2.75) is 26.8 Å². The summed E-state index contributed by atoms with van der Waals surface area (Å²) in [7, 11) is 0. The molecular weight excluding hydrogens is 440 g/mol. The third-order valence-electron chi connectivity index (χ3n) is 6.20. The molecule has 0 saturated carbocycles. The molecule has 7 heteroatoms. The van der Waals surface area contributed by atoms with Crippen LogP contribution < -0.4 is 21.3 Å². The molecule has 0 saturated heterocycles. The van der Waals surface area contributed by atoms with Gasteiger partial charge in [-0.25, -0.2) is 0 Å². The third-order valence-corrected chi connectivity index (χ3v) is 6.20. The van der Waals surface area contributed by atoms with E-state index in [9.17, 15) is 14.4 Å². The molecule has 1 heterocycles. The van der Waals surface area contributed by atoms with Gasteiger partial charge >= 0.3 is 0 Å². The zero-order valence-corrected chi connectivity index (χ0v) is 20.2. The van der Waals surface area contributed by atoms with E-state index in [2.05, 4.69) is 10.6 Å². The molecule has 3 aromatic rings. The van der Waals surface area contributed by atoms with Crippen LogP contribution >= 0.6 is 0 Å². The predicted molar refractivity (Wildman–Crippen MR) is 137 cm³/mol. The van der Waals surface area contributed by atoms with E-state index < -0.39 is 6.04 Å². The second kappa shape index (κ2) is 9.72. The zero-order valence-electron chi connectivity index (χ0n) is 20.2. The Morgan fingerprint density at radius 3 is 2.31 bits per heavy atom. The summed E-state index contributed by atoms with van der Waals surface area (Å²) in [6.07, 6.45) is 0. The standard InChI is InChI=1S/C28H30N4O3/c1-18-9-11-20(12-10-18)27(35)32-23-14-13-21(25(33)30-17-28(2,3)16-29)15-22(23)31-26(34)24(32)19-7-5-4-6-8-19/h4-15,24H,16-17,29H2,1-3H3,(H,30,33)(H,31,34). The van der Waals surface area contributed by atoms with Crippen LogP contribution in [0.4, 0.5) is 11.4 Å². The Morgan fingerprint density at radius 2 is 1.66 bits per heavy atom. The number of benzene rings is 3. The van der Waals surface area contributed by atoms with E-state index in [-0.39, 0.29) is 23.1 Å². The number of aryl methyl sites for hydroxylation is 1. The monoisotopic (exact) mass is 470 g/mol. The molecule has 0 aromatic heterocycles. The lowest BCUT2D eigenvalue weighted by Gasteiger charge is -2.37. The Morgan fingerprint density at radius 1 is 1.00 bits per heavy atom. The van der Waals surface area contributed by atoms with E-state index in [1.807, 2.05) is 63.2 Å². The summed E-state index contributed by atoms with van der Waals surface area (Å²) in [5.41, 5.74) is 9.06. The van der Waals surface area contributed by atoms with Crippen LogP contribution in [0.1, 0.15) is 51.7 Å². The van der Waals surface area contributed by atoms with Gasteiger partial charge in [-0.05, 0) is 54.8 Å². The van der Waals surface area contributed by atoms with Crippen molar-refractivity contribution in [1.29, 1.82) is 0 Å². The van der Waals surface area contributed by atoms with Gasteiger partial charge in [0.15, 0.2) is 0 Å². The number of hydrogen-bond donors (Lipinski definition) is 3. The number of nitrogens with two attached hydrogens (primary N) is 1. The SMILES string of the molecule is Cc1ccc(C(=O)N2c3ccc(C(=O)NCC(C)(C)CN)cc3NC(=O)C2c2ccccc2)cc1. The van der Waals surface area contributed by atoms with Gasteiger partial charge in [-0.15, -0.1) is 0 Å². The zero-order chi connectivity index (χ0) is 25.2. The molecule has 0 fully saturated rings. The summed E-state index contributed by atoms with van der Waals surface area (Å²) in [4.78, 5) is 41.3. The fourth-order valence-corrected chi connectivity index (χ4v) is 3.94. The van der Waals surface area contributed by atoms with Crippen molar-refractivity contribution >= 4 is 29.1 Å². The average Bonchev–Trinajstić information content (AvgIpc) is 2.86. The van der Waals surface area contributed by atoms with Gasteiger partial charge in [0.25, 0.3) is 17.7 Å². The van der Waals surface area contributed by atoms with Crippen LogP contribution in [0.3, 0.4) is 0 Å². The number of fused-ring (bicyclic) bond motifs is 1. The lowest BCUT2D eigenvalue weighted by atomic mass is 9.94. The van der Waals surface area contributed by atoms with E-state index in [4.69, 9.17) is 5.73 Å². The van der Waals surface area contributed by atoms with Crippen LogP contribution in [-0.2, 0) is 4.79 Å². The number of carbonyl (C=O) groups is 3. The Balaban J connectivity index is 1.73. The van der Waals surface area contributed by atoms with E-state index in [0.717, 1.165) is 5.56 Å². The van der Waals surface area contributed by atoms with E-state index in [1.165, 1.54) is 4.90 Å². The molecule has 0 aliphatic carbocycles. The number of hydrogen-bond acceptors (Lipinski definition) is 4. The summed E-state index contributed by atoms with van der Waals surface area (Å²) in [5.74, 6) is -0.909. The molecule has 1 unspecified atom stereocenters. The van der Waals surface area contributed by atoms with Gasteiger partial charge in [0.05, 0.1) is 11.4 Å². The maximum Gasteiger partial charge on any atom is 0.259 e. The molecule has 1 atom stereocenters. The van der Waals surface area contributed by atoms with Crippen LogP contribution in [-0.4, -0.2) is 30.8 Å². The molecule has 35 heavy (non-hydrogen) atoms. The minimum Gasteiger partial charge on any atom is -0.351 e. The maximum absolute atomic E-state index is 13.7. The average molecular weight is 471 g/mol. The minimum atomic E-state index is -0.845. The predicted octanol–water partition coefficient (Wildman–Crippen LogP) is 4.05. The fourth-order valence-electron chi connectivity index (χ4n) is 3.94. The summed E-state index contributed by atoms with van der Waals surface area (Å²) in [5, 5.41) is 5.80. The van der Waals surface area contributed by atoms with Crippen molar-refractivity contribution in [1.82, 2.24) is 5.32 Å². The molecule has 7 nitrogen and oxygen atoms in total. The highest BCUT2D eigenvalue weighted by Gasteiger charge is 2.38. The minimum absolute atomic E-state index is 0.238. The van der Waals surface area contributed by atoms with Crippen molar-refractivity contribution < 1.29 is 14.4 Å². The van der Waals surface area contributed by atoms with Crippen LogP contribution in [0.15, 0.2) is 72.8 Å². The highest BCUT2D eigenvalue weighted by molar-refractivity contribution is 6.17. The third kappa shape index (κ3) is 5.10. The van der Waals surface area contributed by atoms with Crippen molar-refractivity contribution in [3.8, 4) is 0 Å².